The average Bonchev–Trinajstić information content (AvgIpc) is 2.26. The molecule has 0 spiro atoms. The molecule has 2 N–H and O–H groups in total. The van der Waals surface area contributed by atoms with Gasteiger partial charge in [0.25, 0.3) is 0 Å². The first-order valence-corrected chi connectivity index (χ1v) is 6.30. The number of ether oxygens (including phenoxy) is 1. The van der Waals surface area contributed by atoms with Gasteiger partial charge in [0.1, 0.15) is 5.75 Å². The minimum absolute atomic E-state index is 0.111. The zero-order valence-corrected chi connectivity index (χ0v) is 11.7. The molecular formula is C15H23NO2. The second-order valence-electron chi connectivity index (χ2n) is 5.79. The Morgan fingerprint density at radius 1 is 1.33 bits per heavy atom. The van der Waals surface area contributed by atoms with Gasteiger partial charge in [-0.2, -0.15) is 0 Å². The summed E-state index contributed by atoms with van der Waals surface area (Å²) in [5.74, 6) is 0.790. The number of nitrogen functional groups attached to an aromatic ring is 1. The van der Waals surface area contributed by atoms with Gasteiger partial charge in [0.15, 0.2) is 5.78 Å². The SMILES string of the molecule is COc1ccc(C(=O)CCCC(C)(C)C)c(N)c1. The van der Waals surface area contributed by atoms with Crippen molar-refractivity contribution >= 4 is 11.5 Å². The van der Waals surface area contributed by atoms with E-state index in [2.05, 4.69) is 20.8 Å². The quantitative estimate of drug-likeness (QED) is 0.639. The summed E-state index contributed by atoms with van der Waals surface area (Å²) < 4.78 is 5.06. The topological polar surface area (TPSA) is 52.3 Å². The predicted molar refractivity (Wildman–Crippen MR) is 75.0 cm³/mol. The fourth-order valence-electron chi connectivity index (χ4n) is 1.84. The van der Waals surface area contributed by atoms with Crippen LogP contribution in [0.1, 0.15) is 50.4 Å². The van der Waals surface area contributed by atoms with Crippen molar-refractivity contribution in [1.29, 1.82) is 0 Å². The number of rotatable bonds is 5. The second kappa shape index (κ2) is 5.89. The van der Waals surface area contributed by atoms with Gasteiger partial charge in [0.2, 0.25) is 0 Å². The fraction of sp³-hybridized carbons (Fsp3) is 0.533. The number of benzene rings is 1. The van der Waals surface area contributed by atoms with Crippen LogP contribution in [0.2, 0.25) is 0 Å². The van der Waals surface area contributed by atoms with Crippen molar-refractivity contribution in [3.63, 3.8) is 0 Å². The molecule has 0 aliphatic heterocycles. The van der Waals surface area contributed by atoms with Crippen LogP contribution in [0.3, 0.4) is 0 Å². The number of carbonyl (C=O) groups excluding carboxylic acids is 1. The van der Waals surface area contributed by atoms with Gasteiger partial charge in [-0.3, -0.25) is 4.79 Å². The van der Waals surface area contributed by atoms with E-state index in [9.17, 15) is 4.79 Å². The van der Waals surface area contributed by atoms with Crippen LogP contribution >= 0.6 is 0 Å². The molecule has 100 valence electrons. The molecule has 3 heteroatoms. The molecule has 1 aromatic rings. The number of Topliss-reactive ketones (excluding diaryl/α,β-unsaturated/α-hetero) is 1. The molecule has 0 bridgehead atoms. The Morgan fingerprint density at radius 3 is 2.50 bits per heavy atom. The Morgan fingerprint density at radius 2 is 2.00 bits per heavy atom. The summed E-state index contributed by atoms with van der Waals surface area (Å²) in [6.07, 6.45) is 2.48. The number of carbonyl (C=O) groups is 1. The minimum atomic E-state index is 0.111. The molecule has 18 heavy (non-hydrogen) atoms. The fourth-order valence-corrected chi connectivity index (χ4v) is 1.84. The van der Waals surface area contributed by atoms with E-state index in [-0.39, 0.29) is 11.2 Å². The molecular weight excluding hydrogens is 226 g/mol. The Bertz CT molecular complexity index is 419. The molecule has 1 aromatic carbocycles. The van der Waals surface area contributed by atoms with Crippen LogP contribution in [0, 0.1) is 5.41 Å². The van der Waals surface area contributed by atoms with E-state index in [0.717, 1.165) is 12.8 Å². The molecule has 0 unspecified atom stereocenters. The molecule has 0 aromatic heterocycles. The number of ketones is 1. The van der Waals surface area contributed by atoms with Crippen molar-refractivity contribution in [2.45, 2.75) is 40.0 Å². The van der Waals surface area contributed by atoms with Gasteiger partial charge >= 0.3 is 0 Å². The molecule has 0 radical (unpaired) electrons. The number of hydrogen-bond acceptors (Lipinski definition) is 3. The maximum atomic E-state index is 12.0. The van der Waals surface area contributed by atoms with Crippen molar-refractivity contribution < 1.29 is 9.53 Å². The van der Waals surface area contributed by atoms with Crippen LogP contribution in [-0.4, -0.2) is 12.9 Å². The molecule has 0 saturated carbocycles. The summed E-state index contributed by atoms with van der Waals surface area (Å²) >= 11 is 0. The molecule has 3 nitrogen and oxygen atoms in total. The van der Waals surface area contributed by atoms with E-state index in [0.29, 0.717) is 23.4 Å². The summed E-state index contributed by atoms with van der Waals surface area (Å²) in [5, 5.41) is 0. The van der Waals surface area contributed by atoms with Gasteiger partial charge < -0.3 is 10.5 Å². The minimum Gasteiger partial charge on any atom is -0.497 e. The lowest BCUT2D eigenvalue weighted by Crippen LogP contribution is -2.08. The zero-order chi connectivity index (χ0) is 13.8. The summed E-state index contributed by atoms with van der Waals surface area (Å²) in [6.45, 7) is 6.54. The van der Waals surface area contributed by atoms with Crippen molar-refractivity contribution in [1.82, 2.24) is 0 Å². The van der Waals surface area contributed by atoms with Crippen LogP contribution in [0.5, 0.6) is 5.75 Å². The highest BCUT2D eigenvalue weighted by Gasteiger charge is 2.14. The lowest BCUT2D eigenvalue weighted by Gasteiger charge is -2.17. The van der Waals surface area contributed by atoms with E-state index in [4.69, 9.17) is 10.5 Å². The van der Waals surface area contributed by atoms with Crippen molar-refractivity contribution in [2.75, 3.05) is 12.8 Å². The first-order valence-electron chi connectivity index (χ1n) is 6.30. The third-order valence-electron chi connectivity index (χ3n) is 2.89. The van der Waals surface area contributed by atoms with Crippen molar-refractivity contribution in [2.24, 2.45) is 5.41 Å². The van der Waals surface area contributed by atoms with Gasteiger partial charge in [-0.25, -0.2) is 0 Å². The van der Waals surface area contributed by atoms with E-state index >= 15 is 0 Å². The van der Waals surface area contributed by atoms with Gasteiger partial charge in [-0.15, -0.1) is 0 Å². The summed E-state index contributed by atoms with van der Waals surface area (Å²) in [6, 6.07) is 5.21. The van der Waals surface area contributed by atoms with E-state index in [1.54, 1.807) is 25.3 Å². The lowest BCUT2D eigenvalue weighted by atomic mass is 9.89. The summed E-state index contributed by atoms with van der Waals surface area (Å²) in [5.41, 5.74) is 7.22. The summed E-state index contributed by atoms with van der Waals surface area (Å²) in [7, 11) is 1.58. The highest BCUT2D eigenvalue weighted by atomic mass is 16.5. The number of hydrogen-bond donors (Lipinski definition) is 1. The van der Waals surface area contributed by atoms with Gasteiger partial charge in [0.05, 0.1) is 7.11 Å². The normalized spacial score (nSPS) is 11.3. The van der Waals surface area contributed by atoms with Gasteiger partial charge in [-0.1, -0.05) is 20.8 Å². The highest BCUT2D eigenvalue weighted by molar-refractivity contribution is 6.00. The van der Waals surface area contributed by atoms with E-state index in [1.807, 2.05) is 0 Å². The Kier molecular flexibility index (Phi) is 4.76. The average molecular weight is 249 g/mol. The number of methoxy groups -OCH3 is 1. The molecule has 0 heterocycles. The molecule has 0 fully saturated rings. The molecule has 0 saturated heterocycles. The van der Waals surface area contributed by atoms with E-state index in [1.165, 1.54) is 0 Å². The monoisotopic (exact) mass is 249 g/mol. The first kappa shape index (κ1) is 14.6. The molecule has 0 atom stereocenters. The Balaban J connectivity index is 2.62. The standard InChI is InChI=1S/C15H23NO2/c1-15(2,3)9-5-6-14(17)12-8-7-11(18-4)10-13(12)16/h7-8,10H,5-6,9,16H2,1-4H3. The maximum Gasteiger partial charge on any atom is 0.164 e. The lowest BCUT2D eigenvalue weighted by molar-refractivity contribution is 0.0977. The first-order chi connectivity index (χ1) is 8.33. The van der Waals surface area contributed by atoms with Gasteiger partial charge in [0, 0.05) is 23.7 Å². The van der Waals surface area contributed by atoms with E-state index < -0.39 is 0 Å². The van der Waals surface area contributed by atoms with Crippen molar-refractivity contribution in [3.05, 3.63) is 23.8 Å². The zero-order valence-electron chi connectivity index (χ0n) is 11.7. The van der Waals surface area contributed by atoms with Gasteiger partial charge in [-0.05, 0) is 30.4 Å². The molecule has 0 aliphatic rings. The van der Waals surface area contributed by atoms with Crippen molar-refractivity contribution in [3.8, 4) is 5.75 Å². The van der Waals surface area contributed by atoms with Crippen LogP contribution < -0.4 is 10.5 Å². The van der Waals surface area contributed by atoms with Crippen LogP contribution in [0.4, 0.5) is 5.69 Å². The van der Waals surface area contributed by atoms with Crippen LogP contribution in [0.15, 0.2) is 18.2 Å². The Hall–Kier alpha value is -1.51. The van der Waals surface area contributed by atoms with Crippen LogP contribution in [0.25, 0.3) is 0 Å². The number of nitrogens with two attached hydrogens (primary N) is 1. The van der Waals surface area contributed by atoms with Crippen LogP contribution in [-0.2, 0) is 0 Å². The largest absolute Gasteiger partial charge is 0.497 e. The highest BCUT2D eigenvalue weighted by Crippen LogP contribution is 2.24. The maximum absolute atomic E-state index is 12.0. The predicted octanol–water partition coefficient (Wildman–Crippen LogP) is 3.68. The third kappa shape index (κ3) is 4.40. The summed E-state index contributed by atoms with van der Waals surface area (Å²) in [4.78, 5) is 12.0. The molecule has 1 rings (SSSR count). The molecule has 0 amide bonds. The smallest absolute Gasteiger partial charge is 0.164 e. The Labute approximate surface area is 109 Å². The third-order valence-corrected chi connectivity index (χ3v) is 2.89. The molecule has 0 aliphatic carbocycles. The number of anilines is 1. The second-order valence-corrected chi connectivity index (χ2v) is 5.79.